The lowest BCUT2D eigenvalue weighted by Crippen LogP contribution is -2.40. The Morgan fingerprint density at radius 1 is 1.15 bits per heavy atom. The lowest BCUT2D eigenvalue weighted by Gasteiger charge is -2.33. The number of nitrogens with zero attached hydrogens (tertiary/aromatic N) is 3. The molecule has 4 heteroatoms. The van der Waals surface area contributed by atoms with E-state index in [2.05, 4.69) is 35.2 Å². The lowest BCUT2D eigenvalue weighted by atomic mass is 9.90. The van der Waals surface area contributed by atoms with E-state index in [0.717, 1.165) is 45.2 Å². The molecule has 1 aromatic carbocycles. The highest BCUT2D eigenvalue weighted by Crippen LogP contribution is 2.24. The minimum atomic E-state index is -0.0988. The molecular formula is C23H31N3O. The van der Waals surface area contributed by atoms with Crippen LogP contribution in [-0.4, -0.2) is 41.9 Å². The zero-order valence-electron chi connectivity index (χ0n) is 16.4. The van der Waals surface area contributed by atoms with E-state index in [1.807, 2.05) is 18.0 Å². The second-order valence-corrected chi connectivity index (χ2v) is 8.04. The highest BCUT2D eigenvalue weighted by atomic mass is 16.2. The largest absolute Gasteiger partial charge is 0.376 e. The summed E-state index contributed by atoms with van der Waals surface area (Å²) in [4.78, 5) is 16.8. The Morgan fingerprint density at radius 2 is 1.81 bits per heavy atom. The van der Waals surface area contributed by atoms with Crippen LogP contribution in [0.2, 0.25) is 0 Å². The molecule has 3 rings (SSSR count). The van der Waals surface area contributed by atoms with E-state index < -0.39 is 0 Å². The molecule has 1 aromatic rings. The van der Waals surface area contributed by atoms with Crippen molar-refractivity contribution in [3.8, 4) is 6.07 Å². The zero-order valence-corrected chi connectivity index (χ0v) is 16.4. The molecule has 0 N–H and O–H groups in total. The van der Waals surface area contributed by atoms with Gasteiger partial charge in [0.25, 0.3) is 5.91 Å². The zero-order chi connectivity index (χ0) is 19.1. The quantitative estimate of drug-likeness (QED) is 0.582. The molecule has 4 nitrogen and oxygen atoms in total. The van der Waals surface area contributed by atoms with Crippen molar-refractivity contribution in [3.05, 3.63) is 47.7 Å². The highest BCUT2D eigenvalue weighted by Gasteiger charge is 2.26. The van der Waals surface area contributed by atoms with Crippen LogP contribution < -0.4 is 0 Å². The van der Waals surface area contributed by atoms with Crippen LogP contribution in [0.3, 0.4) is 0 Å². The molecule has 0 bridgehead atoms. The molecule has 0 spiro atoms. The number of piperidine rings is 1. The van der Waals surface area contributed by atoms with Crippen LogP contribution in [0.15, 0.2) is 42.1 Å². The van der Waals surface area contributed by atoms with Gasteiger partial charge >= 0.3 is 0 Å². The second-order valence-electron chi connectivity index (χ2n) is 8.04. The third-order valence-electron chi connectivity index (χ3n) is 6.10. The molecular weight excluding hydrogens is 334 g/mol. The minimum Gasteiger partial charge on any atom is -0.376 e. The number of likely N-dealkylation sites (tertiary alicyclic amines) is 1. The molecule has 144 valence electrons. The van der Waals surface area contributed by atoms with Gasteiger partial charge in [-0.3, -0.25) is 4.79 Å². The van der Waals surface area contributed by atoms with Gasteiger partial charge in [-0.25, -0.2) is 0 Å². The fourth-order valence-corrected chi connectivity index (χ4v) is 4.39. The van der Waals surface area contributed by atoms with Crippen molar-refractivity contribution in [2.45, 2.75) is 57.4 Å². The Hall–Kier alpha value is -2.28. The fourth-order valence-electron chi connectivity index (χ4n) is 4.39. The lowest BCUT2D eigenvalue weighted by molar-refractivity contribution is -0.128. The summed E-state index contributed by atoms with van der Waals surface area (Å²) in [6.07, 6.45) is 11.0. The van der Waals surface area contributed by atoms with Crippen LogP contribution in [0, 0.1) is 17.2 Å². The first-order valence-electron chi connectivity index (χ1n) is 10.3. The molecule has 0 atom stereocenters. The summed E-state index contributed by atoms with van der Waals surface area (Å²) in [5.74, 6) is 0.522. The van der Waals surface area contributed by atoms with Crippen LogP contribution in [-0.2, 0) is 11.2 Å². The van der Waals surface area contributed by atoms with Crippen LogP contribution in [0.4, 0.5) is 0 Å². The Balaban J connectivity index is 1.53. The monoisotopic (exact) mass is 365 g/mol. The smallest absolute Gasteiger partial charge is 0.266 e. The van der Waals surface area contributed by atoms with Gasteiger partial charge in [-0.2, -0.15) is 5.26 Å². The molecule has 1 saturated heterocycles. The average Bonchev–Trinajstić information content (AvgIpc) is 2.73. The van der Waals surface area contributed by atoms with Gasteiger partial charge in [0.05, 0.1) is 0 Å². The van der Waals surface area contributed by atoms with Gasteiger partial charge in [0, 0.05) is 32.4 Å². The first-order valence-corrected chi connectivity index (χ1v) is 10.3. The summed E-state index contributed by atoms with van der Waals surface area (Å²) in [5.41, 5.74) is 1.65. The van der Waals surface area contributed by atoms with E-state index in [1.54, 1.807) is 6.20 Å². The molecule has 1 aliphatic heterocycles. The molecule has 1 heterocycles. The van der Waals surface area contributed by atoms with E-state index >= 15 is 0 Å². The topological polar surface area (TPSA) is 47.3 Å². The number of benzene rings is 1. The number of nitriles is 1. The SMILES string of the molecule is CN(/C=C(/C#N)C(=O)N1CCC(Cc2ccccc2)CC1)C1CCCCC1. The molecule has 1 aliphatic carbocycles. The number of carbonyl (C=O) groups excluding carboxylic acids is 1. The van der Waals surface area contributed by atoms with Crippen molar-refractivity contribution in [1.29, 1.82) is 5.26 Å². The summed E-state index contributed by atoms with van der Waals surface area (Å²) in [6, 6.07) is 13.2. The highest BCUT2D eigenvalue weighted by molar-refractivity contribution is 5.97. The van der Waals surface area contributed by atoms with Crippen molar-refractivity contribution in [1.82, 2.24) is 9.80 Å². The number of hydrogen-bond acceptors (Lipinski definition) is 3. The maximum atomic E-state index is 12.8. The molecule has 2 fully saturated rings. The van der Waals surface area contributed by atoms with E-state index in [4.69, 9.17) is 0 Å². The molecule has 2 aliphatic rings. The number of rotatable bonds is 5. The van der Waals surface area contributed by atoms with Crippen molar-refractivity contribution in [3.63, 3.8) is 0 Å². The second kappa shape index (κ2) is 9.60. The predicted molar refractivity (Wildman–Crippen MR) is 108 cm³/mol. The molecule has 27 heavy (non-hydrogen) atoms. The third-order valence-corrected chi connectivity index (χ3v) is 6.10. The maximum Gasteiger partial charge on any atom is 0.266 e. The predicted octanol–water partition coefficient (Wildman–Crippen LogP) is 4.14. The Bertz CT molecular complexity index is 677. The van der Waals surface area contributed by atoms with Crippen LogP contribution in [0.1, 0.15) is 50.5 Å². The van der Waals surface area contributed by atoms with Crippen LogP contribution >= 0.6 is 0 Å². The molecule has 1 amide bonds. The van der Waals surface area contributed by atoms with Crippen molar-refractivity contribution in [2.75, 3.05) is 20.1 Å². The van der Waals surface area contributed by atoms with E-state index in [1.165, 1.54) is 24.8 Å². The minimum absolute atomic E-state index is 0.0988. The maximum absolute atomic E-state index is 12.8. The summed E-state index contributed by atoms with van der Waals surface area (Å²) < 4.78 is 0. The summed E-state index contributed by atoms with van der Waals surface area (Å²) in [7, 11) is 2.01. The number of amides is 1. The molecule has 0 unspecified atom stereocenters. The molecule has 0 aromatic heterocycles. The van der Waals surface area contributed by atoms with E-state index in [0.29, 0.717) is 12.0 Å². The summed E-state index contributed by atoms with van der Waals surface area (Å²) in [6.45, 7) is 1.50. The summed E-state index contributed by atoms with van der Waals surface area (Å²) >= 11 is 0. The number of carbonyl (C=O) groups is 1. The van der Waals surface area contributed by atoms with E-state index in [-0.39, 0.29) is 11.5 Å². The summed E-state index contributed by atoms with van der Waals surface area (Å²) in [5, 5.41) is 9.53. The first-order chi connectivity index (χ1) is 13.2. The van der Waals surface area contributed by atoms with Crippen molar-refractivity contribution < 1.29 is 4.79 Å². The van der Waals surface area contributed by atoms with Gasteiger partial charge in [0.1, 0.15) is 11.6 Å². The Kier molecular flexibility index (Phi) is 6.92. The number of hydrogen-bond donors (Lipinski definition) is 0. The normalized spacial score (nSPS) is 19.6. The van der Waals surface area contributed by atoms with Gasteiger partial charge in [-0.1, -0.05) is 49.6 Å². The molecule has 0 radical (unpaired) electrons. The van der Waals surface area contributed by atoms with Crippen LogP contribution in [0.5, 0.6) is 0 Å². The first kappa shape index (κ1) is 19.5. The van der Waals surface area contributed by atoms with Crippen LogP contribution in [0.25, 0.3) is 0 Å². The van der Waals surface area contributed by atoms with E-state index in [9.17, 15) is 10.1 Å². The Morgan fingerprint density at radius 3 is 2.44 bits per heavy atom. The Labute approximate surface area is 163 Å². The molecule has 1 saturated carbocycles. The fraction of sp³-hybridized carbons (Fsp3) is 0.565. The van der Waals surface area contributed by atoms with Gasteiger partial charge < -0.3 is 9.80 Å². The standard InChI is InChI=1S/C23H31N3O/c1-25(22-10-6-3-7-11-22)18-21(17-24)23(27)26-14-12-20(13-15-26)16-19-8-4-2-5-9-19/h2,4-5,8-9,18,20,22H,3,6-7,10-16H2,1H3/b21-18-. The van der Waals surface area contributed by atoms with Gasteiger partial charge in [0.2, 0.25) is 0 Å². The van der Waals surface area contributed by atoms with Gasteiger partial charge in [0.15, 0.2) is 0 Å². The third kappa shape index (κ3) is 5.35. The van der Waals surface area contributed by atoms with Gasteiger partial charge in [-0.05, 0) is 43.6 Å². The average molecular weight is 366 g/mol. The van der Waals surface area contributed by atoms with Crippen molar-refractivity contribution >= 4 is 5.91 Å². The van der Waals surface area contributed by atoms with Gasteiger partial charge in [-0.15, -0.1) is 0 Å². The van der Waals surface area contributed by atoms with Crippen molar-refractivity contribution in [2.24, 2.45) is 5.92 Å².